The Hall–Kier alpha value is -0.740. The molecule has 0 saturated heterocycles. The first-order valence-electron chi connectivity index (χ1n) is 2.77. The fourth-order valence-corrected chi connectivity index (χ4v) is 0.943. The highest BCUT2D eigenvalue weighted by Crippen LogP contribution is 2.17. The second-order valence-corrected chi connectivity index (χ2v) is 2.96. The van der Waals surface area contributed by atoms with E-state index in [-0.39, 0.29) is 11.5 Å². The fourth-order valence-electron chi connectivity index (χ4n) is 0.607. The van der Waals surface area contributed by atoms with Crippen LogP contribution >= 0.6 is 22.6 Å². The lowest BCUT2D eigenvalue weighted by Crippen LogP contribution is -1.78. The maximum absolute atomic E-state index is 12.7. The molecule has 0 atom stereocenters. The Morgan fingerprint density at radius 3 is 2.82 bits per heavy atom. The van der Waals surface area contributed by atoms with Crippen LogP contribution in [0.5, 0.6) is 0 Å². The Labute approximate surface area is 76.3 Å². The van der Waals surface area contributed by atoms with Crippen LogP contribution in [0.2, 0.25) is 0 Å². The maximum Gasteiger partial charge on any atom is 0.240 e. The van der Waals surface area contributed by atoms with E-state index < -0.39 is 0 Å². The molecular weight excluding hydrogens is 260 g/mol. The van der Waals surface area contributed by atoms with Crippen molar-refractivity contribution >= 4 is 34.4 Å². The van der Waals surface area contributed by atoms with Crippen molar-refractivity contribution in [2.45, 2.75) is 0 Å². The minimum absolute atomic E-state index is 0.290. The van der Waals surface area contributed by atoms with E-state index in [0.717, 1.165) is 0 Å². The number of carbonyl (C=O) groups excluding carboxylic acids is 1. The molecule has 0 aliphatic heterocycles. The standard InChI is InChI=1S/C7H3FINO/c8-6-3-5(10-4-11)1-2-7(6)9/h1-3H. The molecule has 0 radical (unpaired) electrons. The Kier molecular flexibility index (Phi) is 2.73. The third-order valence-corrected chi connectivity index (χ3v) is 1.95. The van der Waals surface area contributed by atoms with Gasteiger partial charge in [0.25, 0.3) is 0 Å². The minimum Gasteiger partial charge on any atom is -0.211 e. The molecule has 0 aliphatic carbocycles. The third-order valence-electron chi connectivity index (χ3n) is 1.08. The number of aliphatic imine (C=N–C) groups is 1. The molecule has 0 aliphatic rings. The summed E-state index contributed by atoms with van der Waals surface area (Å²) in [4.78, 5) is 13.0. The average molecular weight is 263 g/mol. The quantitative estimate of drug-likeness (QED) is 0.434. The zero-order valence-corrected chi connectivity index (χ0v) is 7.50. The van der Waals surface area contributed by atoms with Crippen molar-refractivity contribution in [3.63, 3.8) is 0 Å². The number of benzene rings is 1. The normalized spacial score (nSPS) is 8.91. The Balaban J connectivity index is 3.14. The molecule has 0 aromatic heterocycles. The van der Waals surface area contributed by atoms with Gasteiger partial charge in [0.2, 0.25) is 6.08 Å². The zero-order chi connectivity index (χ0) is 8.27. The van der Waals surface area contributed by atoms with Gasteiger partial charge < -0.3 is 0 Å². The van der Waals surface area contributed by atoms with E-state index in [1.807, 2.05) is 22.6 Å². The summed E-state index contributed by atoms with van der Waals surface area (Å²) in [7, 11) is 0. The number of rotatable bonds is 1. The van der Waals surface area contributed by atoms with Gasteiger partial charge in [-0.15, -0.1) is 0 Å². The zero-order valence-electron chi connectivity index (χ0n) is 5.34. The predicted molar refractivity (Wildman–Crippen MR) is 46.9 cm³/mol. The number of hydrogen-bond donors (Lipinski definition) is 0. The van der Waals surface area contributed by atoms with Crippen LogP contribution in [0, 0.1) is 9.39 Å². The SMILES string of the molecule is O=C=Nc1ccc(I)c(F)c1. The van der Waals surface area contributed by atoms with Crippen LogP contribution in [0.25, 0.3) is 0 Å². The number of isocyanates is 1. The Morgan fingerprint density at radius 2 is 2.27 bits per heavy atom. The number of hydrogen-bond acceptors (Lipinski definition) is 2. The fraction of sp³-hybridized carbons (Fsp3) is 0. The molecule has 0 saturated carbocycles. The monoisotopic (exact) mass is 263 g/mol. The van der Waals surface area contributed by atoms with E-state index in [2.05, 4.69) is 4.99 Å². The molecule has 0 unspecified atom stereocenters. The summed E-state index contributed by atoms with van der Waals surface area (Å²) >= 11 is 1.85. The van der Waals surface area contributed by atoms with Crippen molar-refractivity contribution in [2.75, 3.05) is 0 Å². The molecular formula is C7H3FINO. The summed E-state index contributed by atoms with van der Waals surface area (Å²) in [5.74, 6) is -0.373. The van der Waals surface area contributed by atoms with Crippen molar-refractivity contribution in [1.82, 2.24) is 0 Å². The third kappa shape index (κ3) is 2.10. The predicted octanol–water partition coefficient (Wildman–Crippen LogP) is 2.40. The molecule has 2 nitrogen and oxygen atoms in total. The molecule has 11 heavy (non-hydrogen) atoms. The topological polar surface area (TPSA) is 29.4 Å². The molecule has 56 valence electrons. The molecule has 0 amide bonds. The molecule has 1 rings (SSSR count). The van der Waals surface area contributed by atoms with Gasteiger partial charge in [-0.05, 0) is 34.7 Å². The van der Waals surface area contributed by atoms with Gasteiger partial charge >= 0.3 is 0 Å². The van der Waals surface area contributed by atoms with E-state index >= 15 is 0 Å². The molecule has 0 bridgehead atoms. The van der Waals surface area contributed by atoms with Crippen molar-refractivity contribution in [3.8, 4) is 0 Å². The van der Waals surface area contributed by atoms with Gasteiger partial charge in [0.15, 0.2) is 0 Å². The van der Waals surface area contributed by atoms with Gasteiger partial charge in [-0.2, -0.15) is 4.99 Å². The highest BCUT2D eigenvalue weighted by molar-refractivity contribution is 14.1. The highest BCUT2D eigenvalue weighted by Gasteiger charge is 1.97. The summed E-state index contributed by atoms with van der Waals surface area (Å²) in [6.45, 7) is 0. The van der Waals surface area contributed by atoms with Crippen LogP contribution in [0.1, 0.15) is 0 Å². The molecule has 4 heteroatoms. The van der Waals surface area contributed by atoms with E-state index in [0.29, 0.717) is 3.57 Å². The van der Waals surface area contributed by atoms with Gasteiger partial charge in [0.1, 0.15) is 5.82 Å². The largest absolute Gasteiger partial charge is 0.240 e. The molecule has 0 fully saturated rings. The van der Waals surface area contributed by atoms with E-state index in [1.165, 1.54) is 12.1 Å². The lowest BCUT2D eigenvalue weighted by atomic mass is 10.3. The van der Waals surface area contributed by atoms with Crippen LogP contribution in [0.3, 0.4) is 0 Å². The van der Waals surface area contributed by atoms with Crippen molar-refractivity contribution in [2.24, 2.45) is 4.99 Å². The molecule has 1 aromatic carbocycles. The van der Waals surface area contributed by atoms with Crippen molar-refractivity contribution in [3.05, 3.63) is 27.6 Å². The van der Waals surface area contributed by atoms with Crippen LogP contribution in [-0.4, -0.2) is 6.08 Å². The first kappa shape index (κ1) is 8.36. The van der Waals surface area contributed by atoms with E-state index in [9.17, 15) is 9.18 Å². The van der Waals surface area contributed by atoms with Gasteiger partial charge in [-0.25, -0.2) is 9.18 Å². The Bertz CT molecular complexity index is 320. The van der Waals surface area contributed by atoms with Crippen LogP contribution < -0.4 is 0 Å². The highest BCUT2D eigenvalue weighted by atomic mass is 127. The van der Waals surface area contributed by atoms with Crippen LogP contribution in [0.15, 0.2) is 23.2 Å². The second kappa shape index (κ2) is 3.59. The van der Waals surface area contributed by atoms with E-state index in [1.54, 1.807) is 12.1 Å². The molecule has 0 N–H and O–H groups in total. The first-order chi connectivity index (χ1) is 5.24. The summed E-state index contributed by atoms with van der Waals surface area (Å²) in [5.41, 5.74) is 0.290. The number of halogens is 2. The number of nitrogens with zero attached hydrogens (tertiary/aromatic N) is 1. The van der Waals surface area contributed by atoms with Gasteiger partial charge in [-0.1, -0.05) is 0 Å². The molecule has 0 heterocycles. The lowest BCUT2D eigenvalue weighted by molar-refractivity contribution is 0.565. The van der Waals surface area contributed by atoms with Crippen LogP contribution in [0.4, 0.5) is 10.1 Å². The average Bonchev–Trinajstić information content (AvgIpc) is 1.98. The summed E-state index contributed by atoms with van der Waals surface area (Å²) in [5, 5.41) is 0. The lowest BCUT2D eigenvalue weighted by Gasteiger charge is -1.92. The van der Waals surface area contributed by atoms with Crippen LogP contribution in [-0.2, 0) is 4.79 Å². The summed E-state index contributed by atoms with van der Waals surface area (Å²) in [6.07, 6.45) is 1.34. The Morgan fingerprint density at radius 1 is 1.55 bits per heavy atom. The van der Waals surface area contributed by atoms with Gasteiger partial charge in [-0.3, -0.25) is 0 Å². The van der Waals surface area contributed by atoms with Crippen molar-refractivity contribution in [1.29, 1.82) is 0 Å². The van der Waals surface area contributed by atoms with Gasteiger partial charge in [0, 0.05) is 9.64 Å². The maximum atomic E-state index is 12.7. The van der Waals surface area contributed by atoms with Gasteiger partial charge in [0.05, 0.1) is 5.69 Å². The minimum atomic E-state index is -0.373. The first-order valence-corrected chi connectivity index (χ1v) is 3.85. The van der Waals surface area contributed by atoms with Crippen molar-refractivity contribution < 1.29 is 9.18 Å². The molecule has 1 aromatic rings. The van der Waals surface area contributed by atoms with E-state index in [4.69, 9.17) is 0 Å². The second-order valence-electron chi connectivity index (χ2n) is 1.80. The smallest absolute Gasteiger partial charge is 0.211 e. The summed E-state index contributed by atoms with van der Waals surface area (Å²) in [6, 6.07) is 4.29. The summed E-state index contributed by atoms with van der Waals surface area (Å²) < 4.78 is 13.2. The molecule has 0 spiro atoms.